The highest BCUT2D eigenvalue weighted by Crippen LogP contribution is 2.40. The van der Waals surface area contributed by atoms with Gasteiger partial charge in [0.1, 0.15) is 5.75 Å². The van der Waals surface area contributed by atoms with Crippen LogP contribution in [0.15, 0.2) is 41.3 Å². The third kappa shape index (κ3) is 4.03. The smallest absolute Gasteiger partial charge is 0.416 e. The number of carbonyl (C=O) groups is 2. The number of ether oxygens (including phenoxy) is 2. The van der Waals surface area contributed by atoms with Crippen molar-refractivity contribution < 1.29 is 32.2 Å². The molecule has 0 bridgehead atoms. The Bertz CT molecular complexity index is 1270. The zero-order chi connectivity index (χ0) is 23.0. The third-order valence-corrected chi connectivity index (χ3v) is 5.87. The zero-order valence-corrected chi connectivity index (χ0v) is 17.6. The molecule has 1 aliphatic heterocycles. The predicted molar refractivity (Wildman–Crippen MR) is 112 cm³/mol. The molecule has 0 saturated carbocycles. The van der Waals surface area contributed by atoms with Crippen LogP contribution in [-0.2, 0) is 17.4 Å². The fourth-order valence-corrected chi connectivity index (χ4v) is 4.24. The van der Waals surface area contributed by atoms with Gasteiger partial charge in [0.05, 0.1) is 35.6 Å². The number of imide groups is 1. The second-order valence-corrected chi connectivity index (χ2v) is 7.83. The number of nitrogens with zero attached hydrogens (tertiary/aromatic N) is 1. The number of fused-ring (bicyclic) bond motifs is 1. The highest BCUT2D eigenvalue weighted by Gasteiger charge is 2.35. The van der Waals surface area contributed by atoms with Crippen LogP contribution >= 0.6 is 11.8 Å². The Kier molecular flexibility index (Phi) is 5.59. The summed E-state index contributed by atoms with van der Waals surface area (Å²) < 4.78 is 51.4. The van der Waals surface area contributed by atoms with Gasteiger partial charge in [0, 0.05) is 0 Å². The van der Waals surface area contributed by atoms with Gasteiger partial charge in [-0.2, -0.15) is 13.2 Å². The van der Waals surface area contributed by atoms with Gasteiger partial charge in [0.15, 0.2) is 0 Å². The maximum Gasteiger partial charge on any atom is 0.416 e. The van der Waals surface area contributed by atoms with E-state index in [1.165, 1.54) is 26.4 Å². The number of rotatable bonds is 5. The van der Waals surface area contributed by atoms with Gasteiger partial charge in [-0.1, -0.05) is 12.1 Å². The number of hydrogen-bond donors (Lipinski definition) is 2. The van der Waals surface area contributed by atoms with Crippen molar-refractivity contribution in [3.63, 3.8) is 0 Å². The highest BCUT2D eigenvalue weighted by atomic mass is 32.2. The van der Waals surface area contributed by atoms with E-state index in [1.54, 1.807) is 18.2 Å². The minimum atomic E-state index is -4.64. The van der Waals surface area contributed by atoms with Crippen LogP contribution in [0.1, 0.15) is 16.7 Å². The monoisotopic (exact) mass is 463 g/mol. The summed E-state index contributed by atoms with van der Waals surface area (Å²) in [7, 11) is 2.72. The number of benzene rings is 2. The first-order chi connectivity index (χ1) is 15.2. The summed E-state index contributed by atoms with van der Waals surface area (Å²) in [5.41, 5.74) is 0.446. The van der Waals surface area contributed by atoms with Crippen LogP contribution < -0.4 is 14.8 Å². The number of carbonyl (C=O) groups excluding carboxylic acids is 2. The largest absolute Gasteiger partial charge is 0.497 e. The molecule has 1 fully saturated rings. The van der Waals surface area contributed by atoms with Crippen molar-refractivity contribution in [1.82, 2.24) is 15.5 Å². The van der Waals surface area contributed by atoms with E-state index in [4.69, 9.17) is 9.47 Å². The number of aromatic amines is 1. The second-order valence-electron chi connectivity index (χ2n) is 6.84. The van der Waals surface area contributed by atoms with Crippen LogP contribution in [0.2, 0.25) is 0 Å². The lowest BCUT2D eigenvalue weighted by molar-refractivity contribution is -0.138. The number of aromatic nitrogens is 2. The van der Waals surface area contributed by atoms with Gasteiger partial charge in [0.25, 0.3) is 11.1 Å². The van der Waals surface area contributed by atoms with Crippen molar-refractivity contribution in [2.75, 3.05) is 14.2 Å². The second kappa shape index (κ2) is 8.23. The Morgan fingerprint density at radius 1 is 1.09 bits per heavy atom. The number of amides is 2. The molecule has 0 aliphatic carbocycles. The number of H-pyrrole nitrogens is 1. The number of allylic oxidation sites excluding steroid dienone is 1. The van der Waals surface area contributed by atoms with E-state index in [0.29, 0.717) is 34.1 Å². The van der Waals surface area contributed by atoms with Gasteiger partial charge in [-0.3, -0.25) is 20.0 Å². The Balaban J connectivity index is 1.89. The van der Waals surface area contributed by atoms with E-state index < -0.39 is 22.9 Å². The molecule has 1 aliphatic rings. The number of thioether (sulfide) groups is 1. The molecule has 0 atom stereocenters. The van der Waals surface area contributed by atoms with Crippen LogP contribution in [0, 0.1) is 0 Å². The molecule has 2 amide bonds. The van der Waals surface area contributed by atoms with Gasteiger partial charge in [-0.25, -0.2) is 0 Å². The van der Waals surface area contributed by atoms with Crippen molar-refractivity contribution in [1.29, 1.82) is 0 Å². The predicted octanol–water partition coefficient (Wildman–Crippen LogP) is 4.54. The molecule has 3 aromatic rings. The van der Waals surface area contributed by atoms with Crippen LogP contribution in [0.3, 0.4) is 0 Å². The SMILES string of the molecule is COc1ccc(C/C(=C2/SC(=O)NC2=O)c2ccc3[nH]nc(OC)c3c2)c(C(F)(F)F)c1. The van der Waals surface area contributed by atoms with Crippen molar-refractivity contribution in [3.05, 3.63) is 58.0 Å². The van der Waals surface area contributed by atoms with E-state index in [-0.39, 0.29) is 28.2 Å². The molecule has 2 N–H and O–H groups in total. The van der Waals surface area contributed by atoms with E-state index in [1.807, 2.05) is 0 Å². The van der Waals surface area contributed by atoms with Gasteiger partial charge in [-0.15, -0.1) is 5.10 Å². The Morgan fingerprint density at radius 3 is 2.50 bits per heavy atom. The summed E-state index contributed by atoms with van der Waals surface area (Å²) in [6.45, 7) is 0. The van der Waals surface area contributed by atoms with Gasteiger partial charge >= 0.3 is 6.18 Å². The lowest BCUT2D eigenvalue weighted by Crippen LogP contribution is -2.18. The fourth-order valence-electron chi connectivity index (χ4n) is 3.45. The zero-order valence-electron chi connectivity index (χ0n) is 16.8. The topological polar surface area (TPSA) is 93.3 Å². The molecule has 0 spiro atoms. The maximum atomic E-state index is 13.8. The lowest BCUT2D eigenvalue weighted by Gasteiger charge is -2.17. The van der Waals surface area contributed by atoms with Crippen molar-refractivity contribution in [2.24, 2.45) is 0 Å². The van der Waals surface area contributed by atoms with Gasteiger partial charge < -0.3 is 9.47 Å². The van der Waals surface area contributed by atoms with Crippen molar-refractivity contribution in [3.8, 4) is 11.6 Å². The first kappa shape index (κ1) is 21.8. The molecule has 166 valence electrons. The quantitative estimate of drug-likeness (QED) is 0.540. The molecule has 32 heavy (non-hydrogen) atoms. The summed E-state index contributed by atoms with van der Waals surface area (Å²) in [5.74, 6) is -0.300. The molecule has 7 nitrogen and oxygen atoms in total. The first-order valence-electron chi connectivity index (χ1n) is 9.24. The summed E-state index contributed by atoms with van der Waals surface area (Å²) >= 11 is 0.654. The number of nitrogens with one attached hydrogen (secondary N) is 2. The Labute approximate surface area is 184 Å². The fraction of sp³-hybridized carbons (Fsp3) is 0.190. The molecule has 0 unspecified atom stereocenters. The van der Waals surface area contributed by atoms with Crippen LogP contribution in [-0.4, -0.2) is 35.6 Å². The molecular weight excluding hydrogens is 447 g/mol. The highest BCUT2D eigenvalue weighted by molar-refractivity contribution is 8.18. The average molecular weight is 463 g/mol. The number of halogens is 3. The van der Waals surface area contributed by atoms with E-state index >= 15 is 0 Å². The molecule has 11 heteroatoms. The molecular formula is C21H16F3N3O4S. The van der Waals surface area contributed by atoms with Crippen LogP contribution in [0.25, 0.3) is 16.5 Å². The number of alkyl halides is 3. The Hall–Kier alpha value is -3.47. The molecule has 1 saturated heterocycles. The van der Waals surface area contributed by atoms with Gasteiger partial charge in [0.2, 0.25) is 5.88 Å². The normalized spacial score (nSPS) is 15.8. The molecule has 4 rings (SSSR count). The summed E-state index contributed by atoms with van der Waals surface area (Å²) in [5, 5.41) is 8.97. The Morgan fingerprint density at radius 2 is 1.88 bits per heavy atom. The summed E-state index contributed by atoms with van der Waals surface area (Å²) in [4.78, 5) is 24.3. The van der Waals surface area contributed by atoms with Crippen molar-refractivity contribution in [2.45, 2.75) is 12.6 Å². The summed E-state index contributed by atoms with van der Waals surface area (Å²) in [6.07, 6.45) is -4.88. The van der Waals surface area contributed by atoms with Gasteiger partial charge in [-0.05, 0) is 59.1 Å². The standard InChI is InChI=1S/C21H16F3N3O4S/c1-30-12-5-3-11(15(9-12)21(22,23)24)8-13(17-18(28)25-20(29)32-17)10-4-6-16-14(7-10)19(31-2)27-26-16/h3-7,9H,8H2,1-2H3,(H,26,27)(H,25,28,29)/b17-13-. The average Bonchev–Trinajstić information content (AvgIpc) is 3.32. The summed E-state index contributed by atoms with van der Waals surface area (Å²) in [6, 6.07) is 8.62. The third-order valence-electron chi connectivity index (χ3n) is 4.95. The molecule has 2 aromatic carbocycles. The molecule has 2 heterocycles. The van der Waals surface area contributed by atoms with E-state index in [0.717, 1.165) is 6.07 Å². The van der Waals surface area contributed by atoms with E-state index in [9.17, 15) is 22.8 Å². The van der Waals surface area contributed by atoms with Crippen LogP contribution in [0.5, 0.6) is 11.6 Å². The van der Waals surface area contributed by atoms with Crippen molar-refractivity contribution >= 4 is 39.4 Å². The molecule has 1 aromatic heterocycles. The molecule has 0 radical (unpaired) electrons. The number of methoxy groups -OCH3 is 2. The minimum Gasteiger partial charge on any atom is -0.497 e. The van der Waals surface area contributed by atoms with Crippen LogP contribution in [0.4, 0.5) is 18.0 Å². The number of hydrogen-bond acceptors (Lipinski definition) is 6. The van der Waals surface area contributed by atoms with E-state index in [2.05, 4.69) is 15.5 Å². The first-order valence-corrected chi connectivity index (χ1v) is 10.1. The minimum absolute atomic E-state index is 0.0424. The lowest BCUT2D eigenvalue weighted by atomic mass is 9.93. The maximum absolute atomic E-state index is 13.8.